The quantitative estimate of drug-likeness (QED) is 0.422. The number of nitrogens with one attached hydrogen (secondary N) is 2. The first-order valence-electron chi connectivity index (χ1n) is 11.7. The lowest BCUT2D eigenvalue weighted by Gasteiger charge is -2.45. The second kappa shape index (κ2) is 10.4. The van der Waals surface area contributed by atoms with Crippen LogP contribution in [0.5, 0.6) is 0 Å². The number of nitrogens with zero attached hydrogens (tertiary/aromatic N) is 1. The number of hydrogen-bond acceptors (Lipinski definition) is 5. The van der Waals surface area contributed by atoms with Gasteiger partial charge < -0.3 is 15.7 Å². The number of ketones is 1. The van der Waals surface area contributed by atoms with Crippen LogP contribution in [0.2, 0.25) is 10.0 Å². The Bertz CT molecular complexity index is 1150. The number of benzene rings is 1. The highest BCUT2D eigenvalue weighted by Crippen LogP contribution is 2.48. The van der Waals surface area contributed by atoms with Gasteiger partial charge in [0.2, 0.25) is 0 Å². The van der Waals surface area contributed by atoms with Gasteiger partial charge in [-0.2, -0.15) is 0 Å². The van der Waals surface area contributed by atoms with Crippen LogP contribution < -0.4 is 10.6 Å². The molecule has 35 heavy (non-hydrogen) atoms. The van der Waals surface area contributed by atoms with Crippen LogP contribution in [0.4, 0.5) is 5.69 Å². The first kappa shape index (κ1) is 25.2. The first-order valence-corrected chi connectivity index (χ1v) is 12.5. The second-order valence-electron chi connectivity index (χ2n) is 9.09. The molecule has 0 radical (unpaired) electrons. The average molecular weight is 516 g/mol. The molecule has 9 heteroatoms. The molecule has 1 saturated carbocycles. The van der Waals surface area contributed by atoms with Crippen molar-refractivity contribution in [3.63, 3.8) is 0 Å². The van der Waals surface area contributed by atoms with E-state index in [0.29, 0.717) is 12.1 Å². The van der Waals surface area contributed by atoms with Crippen molar-refractivity contribution in [3.8, 4) is 0 Å². The average Bonchev–Trinajstić information content (AvgIpc) is 2.84. The highest BCUT2D eigenvalue weighted by atomic mass is 35.5. The fourth-order valence-electron chi connectivity index (χ4n) is 5.11. The van der Waals surface area contributed by atoms with Gasteiger partial charge >= 0.3 is 5.97 Å². The second-order valence-corrected chi connectivity index (χ2v) is 9.91. The lowest BCUT2D eigenvalue weighted by atomic mass is 9.62. The minimum atomic E-state index is -0.970. The molecule has 2 aliphatic carbocycles. The zero-order valence-electron chi connectivity index (χ0n) is 19.3. The smallest absolute Gasteiger partial charge is 0.326 e. The topological polar surface area (TPSA) is 108 Å². The zero-order valence-corrected chi connectivity index (χ0v) is 20.8. The number of aromatic nitrogens is 1. The Morgan fingerprint density at radius 2 is 1.71 bits per heavy atom. The molecule has 0 aliphatic heterocycles. The monoisotopic (exact) mass is 515 g/mol. The fraction of sp³-hybridized carbons (Fsp3) is 0.385. The molecule has 1 aromatic heterocycles. The number of rotatable bonds is 8. The van der Waals surface area contributed by atoms with E-state index in [-0.39, 0.29) is 27.3 Å². The van der Waals surface area contributed by atoms with Crippen LogP contribution >= 0.6 is 23.2 Å². The van der Waals surface area contributed by atoms with Gasteiger partial charge in [0.05, 0.1) is 21.0 Å². The number of carbonyl (C=O) groups is 3. The lowest BCUT2D eigenvalue weighted by molar-refractivity contribution is -0.140. The third-order valence-corrected chi connectivity index (χ3v) is 7.64. The summed E-state index contributed by atoms with van der Waals surface area (Å²) in [5, 5.41) is 16.3. The van der Waals surface area contributed by atoms with Crippen molar-refractivity contribution in [2.45, 2.75) is 57.4 Å². The molecule has 7 nitrogen and oxygen atoms in total. The number of carboxylic acids is 1. The molecule has 1 heterocycles. The third kappa shape index (κ3) is 4.93. The summed E-state index contributed by atoms with van der Waals surface area (Å²) in [4.78, 5) is 41.2. The van der Waals surface area contributed by atoms with Gasteiger partial charge in [-0.15, -0.1) is 0 Å². The van der Waals surface area contributed by atoms with E-state index < -0.39 is 23.3 Å². The Hall–Kier alpha value is -2.90. The Balaban J connectivity index is 1.50. The number of carboxylic acid groups (broad SMARTS) is 1. The largest absolute Gasteiger partial charge is 0.480 e. The summed E-state index contributed by atoms with van der Waals surface area (Å²) >= 11 is 12.1. The molecule has 1 amide bonds. The van der Waals surface area contributed by atoms with Crippen LogP contribution in [0.25, 0.3) is 0 Å². The SMILES string of the molecule is CCC(c1ccc(NC(=O)c2c(Cl)cncc2Cl)cc1)[C@H](NC1=CC(=O)C12CCCCC2)C(=O)O. The summed E-state index contributed by atoms with van der Waals surface area (Å²) in [6.07, 6.45) is 9.42. The van der Waals surface area contributed by atoms with E-state index in [1.165, 1.54) is 12.4 Å². The van der Waals surface area contributed by atoms with Crippen molar-refractivity contribution in [2.24, 2.45) is 5.41 Å². The van der Waals surface area contributed by atoms with E-state index in [2.05, 4.69) is 15.6 Å². The van der Waals surface area contributed by atoms with Crippen molar-refractivity contribution in [1.82, 2.24) is 10.3 Å². The van der Waals surface area contributed by atoms with Crippen LogP contribution in [0.1, 0.15) is 67.3 Å². The Labute approximate surface area is 213 Å². The molecule has 0 saturated heterocycles. The lowest BCUT2D eigenvalue weighted by Crippen LogP contribution is -2.52. The number of carbonyl (C=O) groups excluding carboxylic acids is 2. The maximum absolute atomic E-state index is 12.6. The maximum atomic E-state index is 12.6. The Morgan fingerprint density at radius 1 is 1.09 bits per heavy atom. The van der Waals surface area contributed by atoms with Crippen molar-refractivity contribution in [1.29, 1.82) is 0 Å². The summed E-state index contributed by atoms with van der Waals surface area (Å²) in [5.41, 5.74) is 1.69. The van der Waals surface area contributed by atoms with Crippen LogP contribution in [0.15, 0.2) is 48.4 Å². The number of pyridine rings is 1. The third-order valence-electron chi connectivity index (χ3n) is 7.07. The Morgan fingerprint density at radius 3 is 2.26 bits per heavy atom. The Kier molecular flexibility index (Phi) is 7.47. The van der Waals surface area contributed by atoms with Gasteiger partial charge in [-0.05, 0) is 37.0 Å². The van der Waals surface area contributed by atoms with Gasteiger partial charge in [-0.25, -0.2) is 4.79 Å². The molecule has 1 aromatic carbocycles. The maximum Gasteiger partial charge on any atom is 0.326 e. The zero-order chi connectivity index (χ0) is 25.2. The van der Waals surface area contributed by atoms with E-state index in [4.69, 9.17) is 23.2 Å². The van der Waals surface area contributed by atoms with Gasteiger partial charge in [-0.1, -0.05) is 61.5 Å². The van der Waals surface area contributed by atoms with Crippen molar-refractivity contribution >= 4 is 46.5 Å². The van der Waals surface area contributed by atoms with Gasteiger partial charge in [0.15, 0.2) is 5.78 Å². The number of amides is 1. The van der Waals surface area contributed by atoms with E-state index in [1.807, 2.05) is 6.92 Å². The molecule has 184 valence electrons. The summed E-state index contributed by atoms with van der Waals surface area (Å²) in [7, 11) is 0. The highest BCUT2D eigenvalue weighted by Gasteiger charge is 2.49. The molecule has 2 aliphatic rings. The minimum Gasteiger partial charge on any atom is -0.480 e. The molecule has 2 atom stereocenters. The molecule has 2 aromatic rings. The van der Waals surface area contributed by atoms with Crippen LogP contribution in [0.3, 0.4) is 0 Å². The summed E-state index contributed by atoms with van der Waals surface area (Å²) < 4.78 is 0. The molecule has 0 bridgehead atoms. The molecule has 1 unspecified atom stereocenters. The number of aliphatic carboxylic acids is 1. The predicted molar refractivity (Wildman–Crippen MR) is 135 cm³/mol. The van der Waals surface area contributed by atoms with Gasteiger partial charge in [-0.3, -0.25) is 14.6 Å². The molecular formula is C26H27Cl2N3O4. The summed E-state index contributed by atoms with van der Waals surface area (Å²) in [6, 6.07) is 6.15. The van der Waals surface area contributed by atoms with Crippen LogP contribution in [0, 0.1) is 5.41 Å². The number of halogens is 2. The molecule has 4 rings (SSSR count). The summed E-state index contributed by atoms with van der Waals surface area (Å²) in [6.45, 7) is 1.93. The first-order chi connectivity index (χ1) is 16.8. The summed E-state index contributed by atoms with van der Waals surface area (Å²) in [5.74, 6) is -1.67. The molecule has 1 fully saturated rings. The van der Waals surface area contributed by atoms with Gasteiger partial charge in [0, 0.05) is 35.8 Å². The number of anilines is 1. The van der Waals surface area contributed by atoms with Crippen molar-refractivity contribution in [3.05, 3.63) is 69.6 Å². The highest BCUT2D eigenvalue weighted by molar-refractivity contribution is 6.40. The number of hydrogen-bond donors (Lipinski definition) is 3. The molecule has 3 N–H and O–H groups in total. The van der Waals surface area contributed by atoms with Crippen LogP contribution in [-0.2, 0) is 9.59 Å². The van der Waals surface area contributed by atoms with Crippen LogP contribution in [-0.4, -0.2) is 33.8 Å². The van der Waals surface area contributed by atoms with Crippen molar-refractivity contribution < 1.29 is 19.5 Å². The predicted octanol–water partition coefficient (Wildman–Crippen LogP) is 5.59. The van der Waals surface area contributed by atoms with E-state index in [0.717, 1.165) is 43.4 Å². The molecular weight excluding hydrogens is 489 g/mol. The van der Waals surface area contributed by atoms with Gasteiger partial charge in [0.25, 0.3) is 5.91 Å². The minimum absolute atomic E-state index is 0.103. The van der Waals surface area contributed by atoms with E-state index >= 15 is 0 Å². The van der Waals surface area contributed by atoms with Crippen molar-refractivity contribution in [2.75, 3.05) is 5.32 Å². The van der Waals surface area contributed by atoms with E-state index in [9.17, 15) is 19.5 Å². The number of allylic oxidation sites excluding steroid dienone is 2. The molecule has 1 spiro atoms. The van der Waals surface area contributed by atoms with E-state index in [1.54, 1.807) is 30.3 Å². The fourth-order valence-corrected chi connectivity index (χ4v) is 5.65. The standard InChI is InChI=1S/C26H27Cl2N3O4/c1-2-17(23(25(34)35)31-20-12-21(32)26(20)10-4-3-5-11-26)15-6-8-16(9-7-15)30-24(33)22-18(27)13-29-14-19(22)28/h6-9,12-14,17,23,31H,2-5,10-11H2,1H3,(H,30,33)(H,34,35)/t17?,23-/m0/s1. The van der Waals surface area contributed by atoms with Gasteiger partial charge in [0.1, 0.15) is 6.04 Å². The normalized spacial score (nSPS) is 18.3.